The molecule has 3 rings (SSSR count). The third-order valence-corrected chi connectivity index (χ3v) is 5.78. The first-order valence-electron chi connectivity index (χ1n) is 10.4. The van der Waals surface area contributed by atoms with Gasteiger partial charge in [0.2, 0.25) is 5.13 Å². The van der Waals surface area contributed by atoms with Gasteiger partial charge in [-0.05, 0) is 18.4 Å². The highest BCUT2D eigenvalue weighted by Crippen LogP contribution is 2.19. The minimum Gasteiger partial charge on any atom is -0.381 e. The number of ether oxygens (including phenoxy) is 1. The van der Waals surface area contributed by atoms with Gasteiger partial charge in [-0.1, -0.05) is 37.3 Å². The summed E-state index contributed by atoms with van der Waals surface area (Å²) in [4.78, 5) is 13.7. The molecule has 0 bridgehead atoms. The van der Waals surface area contributed by atoms with Crippen molar-refractivity contribution in [3.05, 3.63) is 41.7 Å². The lowest BCUT2D eigenvalue weighted by Crippen LogP contribution is -2.52. The first kappa shape index (κ1) is 24.8. The van der Waals surface area contributed by atoms with Crippen molar-refractivity contribution in [2.75, 3.05) is 57.9 Å². The van der Waals surface area contributed by atoms with Crippen molar-refractivity contribution >= 4 is 46.6 Å². The summed E-state index contributed by atoms with van der Waals surface area (Å²) in [5.41, 5.74) is 1.32. The Kier molecular flexibility index (Phi) is 11.4. The van der Waals surface area contributed by atoms with E-state index in [1.54, 1.807) is 0 Å². The van der Waals surface area contributed by atoms with Gasteiger partial charge in [-0.15, -0.1) is 24.0 Å². The molecule has 0 unspecified atom stereocenters. The average molecular weight is 545 g/mol. The van der Waals surface area contributed by atoms with E-state index in [0.29, 0.717) is 0 Å². The van der Waals surface area contributed by atoms with Crippen LogP contribution in [-0.2, 0) is 17.6 Å². The summed E-state index contributed by atoms with van der Waals surface area (Å²) < 4.78 is 10.2. The van der Waals surface area contributed by atoms with Crippen LogP contribution >= 0.6 is 35.5 Å². The van der Waals surface area contributed by atoms with Crippen LogP contribution < -0.4 is 10.2 Å². The van der Waals surface area contributed by atoms with Crippen molar-refractivity contribution in [3.8, 4) is 0 Å². The Morgan fingerprint density at radius 1 is 1.17 bits per heavy atom. The van der Waals surface area contributed by atoms with Crippen LogP contribution in [0.4, 0.5) is 5.13 Å². The van der Waals surface area contributed by atoms with Gasteiger partial charge in [-0.25, -0.2) is 4.98 Å². The van der Waals surface area contributed by atoms with E-state index >= 15 is 0 Å². The number of nitrogens with one attached hydrogen (secondary N) is 1. The lowest BCUT2D eigenvalue weighted by atomic mass is 10.2. The third kappa shape index (κ3) is 7.66. The summed E-state index contributed by atoms with van der Waals surface area (Å²) in [6, 6.07) is 10.5. The van der Waals surface area contributed by atoms with Crippen molar-refractivity contribution in [1.29, 1.82) is 0 Å². The summed E-state index contributed by atoms with van der Waals surface area (Å²) in [6.45, 7) is 8.27. The fourth-order valence-electron chi connectivity index (χ4n) is 3.27. The average Bonchev–Trinajstić information content (AvgIpc) is 3.26. The maximum Gasteiger partial charge on any atom is 0.205 e. The van der Waals surface area contributed by atoms with Crippen LogP contribution in [0, 0.1) is 0 Å². The maximum atomic E-state index is 5.76. The van der Waals surface area contributed by atoms with Crippen molar-refractivity contribution in [2.24, 2.45) is 4.99 Å². The van der Waals surface area contributed by atoms with Gasteiger partial charge in [0, 0.05) is 64.3 Å². The van der Waals surface area contributed by atoms with E-state index in [1.807, 2.05) is 13.1 Å². The van der Waals surface area contributed by atoms with Crippen molar-refractivity contribution in [1.82, 2.24) is 19.6 Å². The van der Waals surface area contributed by atoms with E-state index in [2.05, 4.69) is 60.7 Å². The molecule has 1 fully saturated rings. The van der Waals surface area contributed by atoms with Gasteiger partial charge < -0.3 is 19.9 Å². The van der Waals surface area contributed by atoms with E-state index in [9.17, 15) is 0 Å². The molecule has 30 heavy (non-hydrogen) atoms. The van der Waals surface area contributed by atoms with E-state index in [-0.39, 0.29) is 24.0 Å². The second-order valence-corrected chi connectivity index (χ2v) is 7.73. The Bertz CT molecular complexity index is 749. The molecular formula is C21H33IN6OS. The van der Waals surface area contributed by atoms with E-state index < -0.39 is 0 Å². The molecule has 0 spiro atoms. The molecule has 166 valence electrons. The van der Waals surface area contributed by atoms with Crippen LogP contribution in [-0.4, -0.2) is 73.2 Å². The second kappa shape index (κ2) is 13.8. The number of hydrogen-bond donors (Lipinski definition) is 1. The topological polar surface area (TPSA) is 65.9 Å². The van der Waals surface area contributed by atoms with Crippen LogP contribution in [0.1, 0.15) is 24.7 Å². The molecule has 1 aliphatic rings. The lowest BCUT2D eigenvalue weighted by Gasteiger charge is -2.36. The van der Waals surface area contributed by atoms with Crippen molar-refractivity contribution in [3.63, 3.8) is 0 Å². The smallest absolute Gasteiger partial charge is 0.205 e. The Morgan fingerprint density at radius 2 is 1.93 bits per heavy atom. The Labute approximate surface area is 201 Å². The summed E-state index contributed by atoms with van der Waals surface area (Å²) in [5.74, 6) is 1.91. The molecule has 0 atom stereocenters. The zero-order chi connectivity index (χ0) is 20.3. The first-order valence-corrected chi connectivity index (χ1v) is 11.2. The van der Waals surface area contributed by atoms with Crippen molar-refractivity contribution < 1.29 is 4.74 Å². The number of halogens is 1. The number of nitrogens with zero attached hydrogens (tertiary/aromatic N) is 5. The van der Waals surface area contributed by atoms with E-state index in [1.165, 1.54) is 17.1 Å². The van der Waals surface area contributed by atoms with Crippen LogP contribution in [0.5, 0.6) is 0 Å². The summed E-state index contributed by atoms with van der Waals surface area (Å²) in [6.07, 6.45) is 2.83. The van der Waals surface area contributed by atoms with Crippen LogP contribution in [0.25, 0.3) is 0 Å². The Balaban J connectivity index is 0.00000320. The number of rotatable bonds is 9. The molecule has 2 aromatic rings. The molecule has 1 aliphatic heterocycles. The van der Waals surface area contributed by atoms with Gasteiger partial charge in [0.25, 0.3) is 0 Å². The molecule has 1 N–H and O–H groups in total. The van der Waals surface area contributed by atoms with Gasteiger partial charge in [0.1, 0.15) is 5.82 Å². The number of guanidine groups is 1. The van der Waals surface area contributed by atoms with Gasteiger partial charge in [0.15, 0.2) is 5.96 Å². The predicted octanol–water partition coefficient (Wildman–Crippen LogP) is 3.07. The highest BCUT2D eigenvalue weighted by Gasteiger charge is 2.21. The molecule has 7 nitrogen and oxygen atoms in total. The van der Waals surface area contributed by atoms with Crippen LogP contribution in [0.3, 0.4) is 0 Å². The molecule has 0 aliphatic carbocycles. The highest BCUT2D eigenvalue weighted by molar-refractivity contribution is 14.0. The molecule has 1 aromatic carbocycles. The minimum atomic E-state index is 0. The number of benzene rings is 1. The van der Waals surface area contributed by atoms with E-state index in [4.69, 9.17) is 4.74 Å². The predicted molar refractivity (Wildman–Crippen MR) is 135 cm³/mol. The molecule has 1 saturated heterocycles. The number of aromatic nitrogens is 2. The third-order valence-electron chi connectivity index (χ3n) is 4.96. The van der Waals surface area contributed by atoms with Crippen molar-refractivity contribution in [2.45, 2.75) is 26.2 Å². The van der Waals surface area contributed by atoms with Gasteiger partial charge in [0.05, 0.1) is 6.61 Å². The molecular weight excluding hydrogens is 511 g/mol. The number of aliphatic imine (C=N–C) groups is 1. The lowest BCUT2D eigenvalue weighted by molar-refractivity contribution is 0.135. The van der Waals surface area contributed by atoms with Crippen LogP contribution in [0.2, 0.25) is 0 Å². The number of anilines is 1. The second-order valence-electron chi connectivity index (χ2n) is 7.00. The summed E-state index contributed by atoms with van der Waals surface area (Å²) >= 11 is 1.50. The highest BCUT2D eigenvalue weighted by atomic mass is 127. The Morgan fingerprint density at radius 3 is 2.60 bits per heavy atom. The summed E-state index contributed by atoms with van der Waals surface area (Å²) in [7, 11) is 1.85. The minimum absolute atomic E-state index is 0. The van der Waals surface area contributed by atoms with Gasteiger partial charge in [-0.3, -0.25) is 4.99 Å². The molecule has 0 amide bonds. The number of aryl methyl sites for hydroxylation is 1. The standard InChI is InChI=1S/C21H32N6OS.HI/c1-3-19-24-21(29-25-19)27-14-12-26(13-15-27)20(22-2)23-11-7-16-28-17-10-18-8-5-4-6-9-18;/h4-6,8-9H,3,7,10-17H2,1-2H3,(H,22,23);1H. The zero-order valence-corrected chi connectivity index (χ0v) is 21.1. The summed E-state index contributed by atoms with van der Waals surface area (Å²) in [5, 5.41) is 4.51. The maximum absolute atomic E-state index is 5.76. The molecule has 9 heteroatoms. The van der Waals surface area contributed by atoms with Gasteiger partial charge in [-0.2, -0.15) is 4.37 Å². The molecule has 1 aromatic heterocycles. The largest absolute Gasteiger partial charge is 0.381 e. The Hall–Kier alpha value is -1.46. The van der Waals surface area contributed by atoms with Crippen LogP contribution in [0.15, 0.2) is 35.3 Å². The fraction of sp³-hybridized carbons (Fsp3) is 0.571. The SMILES string of the molecule is CCc1nsc(N2CCN(C(=NC)NCCCOCCc3ccccc3)CC2)n1.I. The first-order chi connectivity index (χ1) is 14.3. The molecule has 2 heterocycles. The number of piperazine rings is 1. The fourth-order valence-corrected chi connectivity index (χ4v) is 4.07. The quantitative estimate of drug-likeness (QED) is 0.227. The van der Waals surface area contributed by atoms with E-state index in [0.717, 1.165) is 82.1 Å². The molecule has 0 saturated carbocycles. The number of hydrogen-bond acceptors (Lipinski definition) is 6. The van der Waals surface area contributed by atoms with Gasteiger partial charge >= 0.3 is 0 Å². The normalized spacial score (nSPS) is 14.5. The molecule has 0 radical (unpaired) electrons. The monoisotopic (exact) mass is 544 g/mol. The zero-order valence-electron chi connectivity index (χ0n) is 17.9.